The molecule has 0 aliphatic carbocycles. The van der Waals surface area contributed by atoms with Crippen LogP contribution in [0.2, 0.25) is 0 Å². The topological polar surface area (TPSA) is 159 Å². The zero-order chi connectivity index (χ0) is 27.8. The van der Waals surface area contributed by atoms with Crippen molar-refractivity contribution in [1.82, 2.24) is 0 Å². The summed E-state index contributed by atoms with van der Waals surface area (Å²) >= 11 is 3.41. The van der Waals surface area contributed by atoms with Crippen molar-refractivity contribution < 1.29 is 61.9 Å². The van der Waals surface area contributed by atoms with E-state index in [0.717, 1.165) is 20.8 Å². The van der Waals surface area contributed by atoms with Crippen LogP contribution in [0, 0.1) is 0 Å². The van der Waals surface area contributed by atoms with Crippen LogP contribution >= 0.6 is 15.9 Å². The van der Waals surface area contributed by atoms with Crippen LogP contribution < -0.4 is 0 Å². The zero-order valence-corrected chi connectivity index (χ0v) is 23.0. The Balaban J connectivity index is 2.51. The molecule has 0 bridgehead atoms. The Morgan fingerprint density at radius 2 is 1.57 bits per heavy atom. The highest BCUT2D eigenvalue weighted by molar-refractivity contribution is 9.10. The lowest BCUT2D eigenvalue weighted by molar-refractivity contribution is -0.343. The summed E-state index contributed by atoms with van der Waals surface area (Å²) in [5, 5.41) is 0. The first-order chi connectivity index (χ1) is 17.4. The van der Waals surface area contributed by atoms with Crippen LogP contribution in [-0.4, -0.2) is 91.0 Å². The van der Waals surface area contributed by atoms with Crippen LogP contribution in [0.4, 0.5) is 0 Å². The van der Waals surface area contributed by atoms with Crippen molar-refractivity contribution in [3.05, 3.63) is 0 Å². The minimum absolute atomic E-state index is 0.191. The first-order valence-corrected chi connectivity index (χ1v) is 12.6. The molecule has 2 fully saturated rings. The molecule has 0 saturated carbocycles. The number of halogens is 1. The highest BCUT2D eigenvalue weighted by Gasteiger charge is 2.56. The second-order valence-corrected chi connectivity index (χ2v) is 9.92. The Hall–Kier alpha value is -2.29. The van der Waals surface area contributed by atoms with E-state index in [-0.39, 0.29) is 13.2 Å². The van der Waals surface area contributed by atoms with E-state index in [1.165, 1.54) is 6.92 Å². The highest BCUT2D eigenvalue weighted by Crippen LogP contribution is 2.38. The minimum Gasteiger partial charge on any atom is -0.465 e. The molecule has 2 aliphatic heterocycles. The Kier molecular flexibility index (Phi) is 11.7. The molecule has 0 N–H and O–H groups in total. The summed E-state index contributed by atoms with van der Waals surface area (Å²) in [4.78, 5) is 60.1. The van der Waals surface area contributed by atoms with Gasteiger partial charge in [-0.1, -0.05) is 22.9 Å². The average molecular weight is 597 g/mol. The molecule has 2 saturated heterocycles. The first kappa shape index (κ1) is 30.9. The van der Waals surface area contributed by atoms with Crippen LogP contribution in [0.25, 0.3) is 0 Å². The Morgan fingerprint density at radius 3 is 2.11 bits per heavy atom. The molecule has 210 valence electrons. The van der Waals surface area contributed by atoms with E-state index in [2.05, 4.69) is 15.9 Å². The quantitative estimate of drug-likeness (QED) is 0.145. The fraction of sp³-hybridized carbons (Fsp3) is 0.783. The van der Waals surface area contributed by atoms with E-state index in [4.69, 9.17) is 37.9 Å². The van der Waals surface area contributed by atoms with Crippen molar-refractivity contribution in [1.29, 1.82) is 0 Å². The van der Waals surface area contributed by atoms with Gasteiger partial charge < -0.3 is 37.9 Å². The lowest BCUT2D eigenvalue weighted by atomic mass is 9.97. The molecule has 0 aromatic carbocycles. The molecule has 7 atom stereocenters. The lowest BCUT2D eigenvalue weighted by Gasteiger charge is -2.46. The second-order valence-electron chi connectivity index (χ2n) is 8.51. The Morgan fingerprint density at radius 1 is 0.973 bits per heavy atom. The fourth-order valence-electron chi connectivity index (χ4n) is 3.85. The summed E-state index contributed by atoms with van der Waals surface area (Å²) < 4.78 is 42.9. The predicted octanol–water partition coefficient (Wildman–Crippen LogP) is 1.31. The van der Waals surface area contributed by atoms with Gasteiger partial charge in [-0.05, 0) is 19.3 Å². The van der Waals surface area contributed by atoms with Gasteiger partial charge in [0, 0.05) is 34.3 Å². The number of rotatable bonds is 11. The molecule has 37 heavy (non-hydrogen) atoms. The molecule has 0 amide bonds. The van der Waals surface area contributed by atoms with Crippen LogP contribution in [0.15, 0.2) is 0 Å². The van der Waals surface area contributed by atoms with Crippen molar-refractivity contribution in [2.24, 2.45) is 0 Å². The molecule has 0 spiro atoms. The molecular formula is C23H33BrO13. The van der Waals surface area contributed by atoms with Gasteiger partial charge >= 0.3 is 29.8 Å². The summed E-state index contributed by atoms with van der Waals surface area (Å²) in [6.45, 7) is 6.37. The third-order valence-electron chi connectivity index (χ3n) is 5.31. The van der Waals surface area contributed by atoms with Gasteiger partial charge in [0.1, 0.15) is 12.7 Å². The molecular weight excluding hydrogens is 564 g/mol. The molecule has 2 aliphatic rings. The zero-order valence-electron chi connectivity index (χ0n) is 21.4. The summed E-state index contributed by atoms with van der Waals surface area (Å²) in [5.41, 5.74) is 0. The number of alkyl halides is 1. The van der Waals surface area contributed by atoms with E-state index in [1.807, 2.05) is 6.92 Å². The maximum absolute atomic E-state index is 12.7. The predicted molar refractivity (Wildman–Crippen MR) is 125 cm³/mol. The largest absolute Gasteiger partial charge is 0.465 e. The SMILES string of the molecule is CCCO[C@@H](O[C@@H]1O[C@H](COC(C)=O)[C@@H](OC(C)=O)[C@H](OC(C)=O)[C@H]1OC(C)=O)[C@@]1(Br)CCCOC1=O. The van der Waals surface area contributed by atoms with Crippen molar-refractivity contribution in [3.63, 3.8) is 0 Å². The van der Waals surface area contributed by atoms with E-state index < -0.39 is 77.8 Å². The molecule has 2 heterocycles. The van der Waals surface area contributed by atoms with E-state index in [1.54, 1.807) is 0 Å². The summed E-state index contributed by atoms with van der Waals surface area (Å²) in [6, 6.07) is 0. The number of cyclic esters (lactones) is 1. The lowest BCUT2D eigenvalue weighted by Crippen LogP contribution is -2.64. The molecule has 13 nitrogen and oxygen atoms in total. The van der Waals surface area contributed by atoms with Crippen molar-refractivity contribution >= 4 is 45.8 Å². The van der Waals surface area contributed by atoms with Crippen molar-refractivity contribution in [2.45, 2.75) is 95.2 Å². The molecule has 0 aromatic rings. The van der Waals surface area contributed by atoms with Gasteiger partial charge in [0.05, 0.1) is 6.61 Å². The third kappa shape index (κ3) is 8.62. The van der Waals surface area contributed by atoms with Gasteiger partial charge in [-0.15, -0.1) is 0 Å². The highest BCUT2D eigenvalue weighted by atomic mass is 79.9. The van der Waals surface area contributed by atoms with Crippen LogP contribution in [0.3, 0.4) is 0 Å². The van der Waals surface area contributed by atoms with E-state index in [0.29, 0.717) is 19.3 Å². The molecule has 0 unspecified atom stereocenters. The van der Waals surface area contributed by atoms with Gasteiger partial charge in [-0.3, -0.25) is 24.0 Å². The summed E-state index contributed by atoms with van der Waals surface area (Å²) in [6.07, 6.45) is -6.81. The average Bonchev–Trinajstić information content (AvgIpc) is 2.80. The molecule has 2 rings (SSSR count). The van der Waals surface area contributed by atoms with Gasteiger partial charge in [-0.2, -0.15) is 0 Å². The van der Waals surface area contributed by atoms with Gasteiger partial charge in [0.2, 0.25) is 6.29 Å². The number of esters is 5. The standard InChI is InChI=1S/C23H33BrO13/c1-6-9-31-22(23(24)8-7-10-30-21(23)29)37-20-19(35-15(5)28)18(34-14(4)27)17(33-13(3)26)16(36-20)11-32-12(2)25/h16-20,22H,6-11H2,1-5H3/t16-,17-,18+,19-,20+,22+,23-/m1/s1. The van der Waals surface area contributed by atoms with E-state index >= 15 is 0 Å². The second kappa shape index (κ2) is 14.0. The number of hydrogen-bond acceptors (Lipinski definition) is 13. The van der Waals surface area contributed by atoms with Crippen LogP contribution in [0.1, 0.15) is 53.9 Å². The maximum atomic E-state index is 12.7. The summed E-state index contributed by atoms with van der Waals surface area (Å²) in [5.74, 6) is -3.59. The van der Waals surface area contributed by atoms with Crippen LogP contribution in [-0.2, 0) is 61.9 Å². The van der Waals surface area contributed by atoms with Crippen molar-refractivity contribution in [2.75, 3.05) is 19.8 Å². The smallest absolute Gasteiger partial charge is 0.328 e. The molecule has 14 heteroatoms. The molecule has 0 aromatic heterocycles. The third-order valence-corrected chi connectivity index (χ3v) is 6.40. The first-order valence-electron chi connectivity index (χ1n) is 11.8. The Labute approximate surface area is 222 Å². The number of carbonyl (C=O) groups excluding carboxylic acids is 5. The minimum atomic E-state index is -1.51. The van der Waals surface area contributed by atoms with E-state index in [9.17, 15) is 24.0 Å². The van der Waals surface area contributed by atoms with Crippen LogP contribution in [0.5, 0.6) is 0 Å². The monoisotopic (exact) mass is 596 g/mol. The fourth-order valence-corrected chi connectivity index (χ4v) is 4.49. The Bertz CT molecular complexity index is 848. The number of ether oxygens (including phenoxy) is 8. The normalized spacial score (nSPS) is 30.4. The number of hydrogen-bond donors (Lipinski definition) is 0. The van der Waals surface area contributed by atoms with Crippen molar-refractivity contribution in [3.8, 4) is 0 Å². The molecule has 0 radical (unpaired) electrons. The summed E-state index contributed by atoms with van der Waals surface area (Å²) in [7, 11) is 0. The van der Waals surface area contributed by atoms with Gasteiger partial charge in [-0.25, -0.2) is 0 Å². The van der Waals surface area contributed by atoms with Gasteiger partial charge in [0.15, 0.2) is 28.9 Å². The maximum Gasteiger partial charge on any atom is 0.328 e. The number of carbonyl (C=O) groups is 5. The van der Waals surface area contributed by atoms with Gasteiger partial charge in [0.25, 0.3) is 0 Å².